The molecule has 8 nitrogen and oxygen atoms in total. The van der Waals surface area contributed by atoms with Crippen molar-refractivity contribution in [2.24, 2.45) is 0 Å². The Morgan fingerprint density at radius 2 is 1.81 bits per heavy atom. The Kier molecular flexibility index (Phi) is 6.14. The van der Waals surface area contributed by atoms with Gasteiger partial charge in [0.25, 0.3) is 5.91 Å². The molecule has 2 rings (SSSR count). The highest BCUT2D eigenvalue weighted by atomic mass is 19.1. The number of benzene rings is 1. The number of nitrogens with one attached hydrogen (secondary N) is 3. The van der Waals surface area contributed by atoms with Gasteiger partial charge in [0.2, 0.25) is 11.8 Å². The van der Waals surface area contributed by atoms with Gasteiger partial charge in [0.1, 0.15) is 17.9 Å². The molecule has 0 radical (unpaired) electrons. The smallest absolute Gasteiger partial charge is 0.325 e. The van der Waals surface area contributed by atoms with Crippen LogP contribution in [0.5, 0.6) is 0 Å². The number of carbonyl (C=O) groups is 4. The summed E-state index contributed by atoms with van der Waals surface area (Å²) in [6.07, 6.45) is 0.0946. The van der Waals surface area contributed by atoms with Crippen LogP contribution in [0.4, 0.5) is 9.18 Å². The van der Waals surface area contributed by atoms with Crippen molar-refractivity contribution in [3.63, 3.8) is 0 Å². The number of hydrogen-bond acceptors (Lipinski definition) is 4. The number of nitrogens with zero attached hydrogens (tertiary/aromatic N) is 1. The third-order valence-corrected chi connectivity index (χ3v) is 4.12. The Labute approximate surface area is 156 Å². The Balaban J connectivity index is 1.94. The van der Waals surface area contributed by atoms with Crippen molar-refractivity contribution >= 4 is 23.8 Å². The molecule has 1 saturated heterocycles. The Hall–Kier alpha value is -2.97. The maximum absolute atomic E-state index is 13.1. The van der Waals surface area contributed by atoms with Gasteiger partial charge in [-0.25, -0.2) is 9.18 Å². The first kappa shape index (κ1) is 20.3. The molecule has 1 aliphatic heterocycles. The zero-order valence-electron chi connectivity index (χ0n) is 15.5. The standard InChI is InChI=1S/C18H23FN4O4/c1-11(2)21-14(24)8-9-20-15(25)10-23-16(26)18(3,22-17(23)27)12-4-6-13(19)7-5-12/h4-7,11H,8-10H2,1-3H3,(H,20,25)(H,21,24)(H,22,27). The first-order valence-electron chi connectivity index (χ1n) is 8.59. The van der Waals surface area contributed by atoms with E-state index in [1.165, 1.54) is 31.2 Å². The molecule has 9 heteroatoms. The van der Waals surface area contributed by atoms with E-state index in [1.807, 2.05) is 13.8 Å². The number of hydrogen-bond donors (Lipinski definition) is 3. The van der Waals surface area contributed by atoms with Gasteiger partial charge in [-0.15, -0.1) is 0 Å². The van der Waals surface area contributed by atoms with Crippen molar-refractivity contribution in [3.05, 3.63) is 35.6 Å². The van der Waals surface area contributed by atoms with E-state index in [9.17, 15) is 23.6 Å². The van der Waals surface area contributed by atoms with Gasteiger partial charge >= 0.3 is 6.03 Å². The average molecular weight is 378 g/mol. The highest BCUT2D eigenvalue weighted by Crippen LogP contribution is 2.28. The lowest BCUT2D eigenvalue weighted by Crippen LogP contribution is -2.43. The van der Waals surface area contributed by atoms with E-state index in [0.717, 1.165) is 4.90 Å². The largest absolute Gasteiger partial charge is 0.354 e. The summed E-state index contributed by atoms with van der Waals surface area (Å²) in [6.45, 7) is 4.77. The second kappa shape index (κ2) is 8.15. The van der Waals surface area contributed by atoms with Crippen molar-refractivity contribution in [2.75, 3.05) is 13.1 Å². The topological polar surface area (TPSA) is 108 Å². The van der Waals surface area contributed by atoms with Crippen LogP contribution in [0.15, 0.2) is 24.3 Å². The van der Waals surface area contributed by atoms with Crippen LogP contribution in [0.25, 0.3) is 0 Å². The number of urea groups is 1. The van der Waals surface area contributed by atoms with Gasteiger partial charge in [0, 0.05) is 19.0 Å². The molecular weight excluding hydrogens is 355 g/mol. The molecule has 1 unspecified atom stereocenters. The molecule has 1 atom stereocenters. The molecule has 27 heavy (non-hydrogen) atoms. The summed E-state index contributed by atoms with van der Waals surface area (Å²) in [6, 6.07) is 4.49. The minimum atomic E-state index is -1.37. The lowest BCUT2D eigenvalue weighted by molar-refractivity contribution is -0.135. The third-order valence-electron chi connectivity index (χ3n) is 4.12. The van der Waals surface area contributed by atoms with Gasteiger partial charge in [-0.1, -0.05) is 12.1 Å². The maximum atomic E-state index is 13.1. The molecule has 1 aliphatic rings. The fourth-order valence-corrected chi connectivity index (χ4v) is 2.73. The third kappa shape index (κ3) is 4.81. The van der Waals surface area contributed by atoms with E-state index in [1.54, 1.807) is 0 Å². The Morgan fingerprint density at radius 3 is 2.41 bits per heavy atom. The Morgan fingerprint density at radius 1 is 1.19 bits per heavy atom. The lowest BCUT2D eigenvalue weighted by Gasteiger charge is -2.22. The number of rotatable bonds is 7. The van der Waals surface area contributed by atoms with Crippen LogP contribution >= 0.6 is 0 Å². The van der Waals surface area contributed by atoms with Crippen molar-refractivity contribution in [2.45, 2.75) is 38.8 Å². The SMILES string of the molecule is CC(C)NC(=O)CCNC(=O)CN1C(=O)NC(C)(c2ccc(F)cc2)C1=O. The monoisotopic (exact) mass is 378 g/mol. The van der Waals surface area contributed by atoms with E-state index in [4.69, 9.17) is 0 Å². The van der Waals surface area contributed by atoms with E-state index in [2.05, 4.69) is 16.0 Å². The number of halogens is 1. The molecule has 146 valence electrons. The fraction of sp³-hybridized carbons (Fsp3) is 0.444. The van der Waals surface area contributed by atoms with Crippen LogP contribution in [-0.4, -0.2) is 47.8 Å². The Bertz CT molecular complexity index is 750. The van der Waals surface area contributed by atoms with Gasteiger partial charge < -0.3 is 16.0 Å². The number of amides is 5. The van der Waals surface area contributed by atoms with E-state index in [-0.39, 0.29) is 24.9 Å². The van der Waals surface area contributed by atoms with Crippen LogP contribution < -0.4 is 16.0 Å². The van der Waals surface area contributed by atoms with Crippen LogP contribution in [0, 0.1) is 5.82 Å². The van der Waals surface area contributed by atoms with Crippen molar-refractivity contribution in [3.8, 4) is 0 Å². The minimum absolute atomic E-state index is 0.00302. The molecule has 0 saturated carbocycles. The summed E-state index contributed by atoms with van der Waals surface area (Å²) in [7, 11) is 0. The van der Waals surface area contributed by atoms with E-state index >= 15 is 0 Å². The molecule has 0 bridgehead atoms. The summed E-state index contributed by atoms with van der Waals surface area (Å²) in [4.78, 5) is 49.2. The molecule has 1 fully saturated rings. The zero-order valence-corrected chi connectivity index (χ0v) is 15.5. The van der Waals surface area contributed by atoms with Crippen LogP contribution in [0.1, 0.15) is 32.8 Å². The van der Waals surface area contributed by atoms with Crippen molar-refractivity contribution < 1.29 is 23.6 Å². The molecule has 3 N–H and O–H groups in total. The van der Waals surface area contributed by atoms with Gasteiger partial charge in [-0.05, 0) is 38.5 Å². The quantitative estimate of drug-likeness (QED) is 0.605. The predicted molar refractivity (Wildman–Crippen MR) is 94.9 cm³/mol. The highest BCUT2D eigenvalue weighted by molar-refractivity contribution is 6.09. The van der Waals surface area contributed by atoms with Gasteiger partial charge in [-0.2, -0.15) is 0 Å². The van der Waals surface area contributed by atoms with E-state index in [0.29, 0.717) is 5.56 Å². The molecular formula is C18H23FN4O4. The number of carbonyl (C=O) groups excluding carboxylic acids is 4. The van der Waals surface area contributed by atoms with Gasteiger partial charge in [0.15, 0.2) is 0 Å². The molecule has 1 aromatic rings. The van der Waals surface area contributed by atoms with Crippen LogP contribution in [0.2, 0.25) is 0 Å². The molecule has 1 heterocycles. The first-order valence-corrected chi connectivity index (χ1v) is 8.59. The maximum Gasteiger partial charge on any atom is 0.325 e. The normalized spacial score (nSPS) is 19.2. The second-order valence-corrected chi connectivity index (χ2v) is 6.78. The fourth-order valence-electron chi connectivity index (χ4n) is 2.73. The van der Waals surface area contributed by atoms with Gasteiger partial charge in [0.05, 0.1) is 0 Å². The summed E-state index contributed by atoms with van der Waals surface area (Å²) in [5.41, 5.74) is -0.960. The van der Waals surface area contributed by atoms with Crippen LogP contribution in [0.3, 0.4) is 0 Å². The van der Waals surface area contributed by atoms with Crippen molar-refractivity contribution in [1.29, 1.82) is 0 Å². The molecule has 0 aromatic heterocycles. The zero-order chi connectivity index (χ0) is 20.2. The summed E-state index contributed by atoms with van der Waals surface area (Å²) in [5.74, 6) is -1.83. The highest BCUT2D eigenvalue weighted by Gasteiger charge is 2.49. The summed E-state index contributed by atoms with van der Waals surface area (Å²) >= 11 is 0. The lowest BCUT2D eigenvalue weighted by atomic mass is 9.92. The number of imide groups is 1. The molecule has 0 spiro atoms. The predicted octanol–water partition coefficient (Wildman–Crippen LogP) is 0.624. The first-order chi connectivity index (χ1) is 12.6. The average Bonchev–Trinajstić information content (AvgIpc) is 2.79. The molecule has 1 aromatic carbocycles. The van der Waals surface area contributed by atoms with Crippen LogP contribution in [-0.2, 0) is 19.9 Å². The van der Waals surface area contributed by atoms with Gasteiger partial charge in [-0.3, -0.25) is 19.3 Å². The van der Waals surface area contributed by atoms with E-state index < -0.39 is 35.7 Å². The summed E-state index contributed by atoms with van der Waals surface area (Å²) in [5, 5.41) is 7.74. The van der Waals surface area contributed by atoms with Crippen molar-refractivity contribution in [1.82, 2.24) is 20.9 Å². The molecule has 5 amide bonds. The summed E-state index contributed by atoms with van der Waals surface area (Å²) < 4.78 is 13.1. The minimum Gasteiger partial charge on any atom is -0.354 e. The molecule has 0 aliphatic carbocycles. The second-order valence-electron chi connectivity index (χ2n) is 6.78.